The summed E-state index contributed by atoms with van der Waals surface area (Å²) in [4.78, 5) is 4.09. The molecule has 0 saturated heterocycles. The molecule has 0 aliphatic carbocycles. The monoisotopic (exact) mass is 391 g/mol. The standard InChI is InChI=1S/C19H15F3N2O2S/c20-19(21,22)16-3-1-2-14(8-16)17-9-15(10-24-18(17)23)13-6-4-12(5-7-13)11-27(25)26/h1-10H,11H2,(H2,23,24)(H,25,26)/p-1. The van der Waals surface area contributed by atoms with E-state index < -0.39 is 22.8 Å². The molecule has 0 spiro atoms. The molecule has 0 amide bonds. The summed E-state index contributed by atoms with van der Waals surface area (Å²) in [5, 5.41) is 0. The van der Waals surface area contributed by atoms with Gasteiger partial charge < -0.3 is 10.3 Å². The molecule has 0 radical (unpaired) electrons. The Morgan fingerprint density at radius 3 is 2.33 bits per heavy atom. The van der Waals surface area contributed by atoms with E-state index >= 15 is 0 Å². The van der Waals surface area contributed by atoms with Crippen LogP contribution in [0.3, 0.4) is 0 Å². The van der Waals surface area contributed by atoms with Crippen LogP contribution < -0.4 is 5.73 Å². The molecule has 8 heteroatoms. The van der Waals surface area contributed by atoms with Crippen molar-refractivity contribution in [1.29, 1.82) is 0 Å². The number of alkyl halides is 3. The highest BCUT2D eigenvalue weighted by atomic mass is 32.2. The molecule has 27 heavy (non-hydrogen) atoms. The van der Waals surface area contributed by atoms with Gasteiger partial charge in [0.25, 0.3) is 0 Å². The molecule has 2 aromatic carbocycles. The maximum absolute atomic E-state index is 13.0. The fourth-order valence-electron chi connectivity index (χ4n) is 2.66. The maximum atomic E-state index is 13.0. The van der Waals surface area contributed by atoms with Gasteiger partial charge in [0.1, 0.15) is 5.82 Å². The van der Waals surface area contributed by atoms with Gasteiger partial charge in [0.2, 0.25) is 0 Å². The van der Waals surface area contributed by atoms with Crippen LogP contribution in [0.2, 0.25) is 0 Å². The molecular weight excluding hydrogens is 377 g/mol. The predicted molar refractivity (Wildman–Crippen MR) is 97.1 cm³/mol. The molecule has 1 aromatic heterocycles. The van der Waals surface area contributed by atoms with Crippen LogP contribution in [-0.2, 0) is 23.0 Å². The lowest BCUT2D eigenvalue weighted by molar-refractivity contribution is -0.137. The summed E-state index contributed by atoms with van der Waals surface area (Å²) < 4.78 is 60.4. The van der Waals surface area contributed by atoms with E-state index in [9.17, 15) is 21.9 Å². The van der Waals surface area contributed by atoms with E-state index in [1.54, 1.807) is 36.4 Å². The van der Waals surface area contributed by atoms with Crippen LogP contribution in [-0.4, -0.2) is 13.7 Å². The van der Waals surface area contributed by atoms with Crippen molar-refractivity contribution in [2.75, 3.05) is 5.73 Å². The number of benzene rings is 2. The van der Waals surface area contributed by atoms with Gasteiger partial charge in [-0.1, -0.05) is 47.5 Å². The molecule has 3 aromatic rings. The molecule has 1 atom stereocenters. The van der Waals surface area contributed by atoms with E-state index in [0.717, 1.165) is 17.7 Å². The Balaban J connectivity index is 1.99. The van der Waals surface area contributed by atoms with Crippen LogP contribution in [0.25, 0.3) is 22.3 Å². The second-order valence-corrected chi connectivity index (χ2v) is 6.78. The topological polar surface area (TPSA) is 79.0 Å². The molecule has 2 N–H and O–H groups in total. The van der Waals surface area contributed by atoms with Gasteiger partial charge in [0.15, 0.2) is 0 Å². The minimum atomic E-state index is -4.45. The average molecular weight is 391 g/mol. The van der Waals surface area contributed by atoms with Gasteiger partial charge in [-0.25, -0.2) is 4.98 Å². The van der Waals surface area contributed by atoms with E-state index in [0.29, 0.717) is 22.3 Å². The number of nitrogen functional groups attached to an aromatic ring is 1. The second-order valence-electron chi connectivity index (χ2n) is 5.88. The van der Waals surface area contributed by atoms with Crippen molar-refractivity contribution in [3.05, 3.63) is 71.9 Å². The van der Waals surface area contributed by atoms with Crippen molar-refractivity contribution in [3.8, 4) is 22.3 Å². The second kappa shape index (κ2) is 7.50. The summed E-state index contributed by atoms with van der Waals surface area (Å²) >= 11 is -2.18. The number of hydrogen-bond acceptors (Lipinski definition) is 4. The van der Waals surface area contributed by atoms with Gasteiger partial charge >= 0.3 is 6.18 Å². The van der Waals surface area contributed by atoms with Gasteiger partial charge in [-0.2, -0.15) is 13.2 Å². The summed E-state index contributed by atoms with van der Waals surface area (Å²) in [6.07, 6.45) is -2.93. The van der Waals surface area contributed by atoms with E-state index in [-0.39, 0.29) is 11.6 Å². The van der Waals surface area contributed by atoms with Crippen molar-refractivity contribution in [3.63, 3.8) is 0 Å². The van der Waals surface area contributed by atoms with Gasteiger partial charge in [-0.15, -0.1) is 0 Å². The summed E-state index contributed by atoms with van der Waals surface area (Å²) in [6.45, 7) is 0. The Labute approximate surface area is 156 Å². The number of rotatable bonds is 4. The first-order chi connectivity index (χ1) is 12.7. The van der Waals surface area contributed by atoms with Crippen molar-refractivity contribution in [1.82, 2.24) is 4.98 Å². The lowest BCUT2D eigenvalue weighted by Crippen LogP contribution is -2.05. The number of anilines is 1. The van der Waals surface area contributed by atoms with Crippen molar-refractivity contribution < 1.29 is 21.9 Å². The lowest BCUT2D eigenvalue weighted by Gasteiger charge is -2.12. The molecule has 1 unspecified atom stereocenters. The molecule has 0 aliphatic heterocycles. The molecule has 140 valence electrons. The third-order valence-corrected chi connectivity index (χ3v) is 4.56. The highest BCUT2D eigenvalue weighted by Crippen LogP contribution is 2.34. The molecule has 0 aliphatic rings. The van der Waals surface area contributed by atoms with Crippen LogP contribution >= 0.6 is 0 Å². The Bertz CT molecular complexity index is 989. The maximum Gasteiger partial charge on any atom is 0.416 e. The number of aromatic nitrogens is 1. The number of nitrogens with zero attached hydrogens (tertiary/aromatic N) is 1. The number of pyridine rings is 1. The average Bonchev–Trinajstić information content (AvgIpc) is 2.62. The molecule has 1 heterocycles. The van der Waals surface area contributed by atoms with E-state index in [1.165, 1.54) is 12.3 Å². The largest absolute Gasteiger partial charge is 0.772 e. The first-order valence-corrected chi connectivity index (χ1v) is 9.07. The molecule has 3 rings (SSSR count). The Morgan fingerprint density at radius 1 is 1.00 bits per heavy atom. The summed E-state index contributed by atoms with van der Waals surface area (Å²) in [5.74, 6) is 0.0342. The van der Waals surface area contributed by atoms with Crippen LogP contribution in [0.5, 0.6) is 0 Å². The van der Waals surface area contributed by atoms with Crippen molar-refractivity contribution in [2.24, 2.45) is 0 Å². The Hall–Kier alpha value is -2.71. The predicted octanol–water partition coefficient (Wildman–Crippen LogP) is 4.40. The normalized spacial score (nSPS) is 12.7. The highest BCUT2D eigenvalue weighted by molar-refractivity contribution is 7.78. The molecule has 0 bridgehead atoms. The Morgan fingerprint density at radius 2 is 1.70 bits per heavy atom. The molecule has 4 nitrogen and oxygen atoms in total. The minimum absolute atomic E-state index is 0.0875. The highest BCUT2D eigenvalue weighted by Gasteiger charge is 2.30. The molecule has 0 fully saturated rings. The zero-order chi connectivity index (χ0) is 19.6. The van der Waals surface area contributed by atoms with Gasteiger partial charge in [0, 0.05) is 23.1 Å². The summed E-state index contributed by atoms with van der Waals surface area (Å²) in [6, 6.07) is 13.4. The fourth-order valence-corrected chi connectivity index (χ4v) is 3.12. The summed E-state index contributed by atoms with van der Waals surface area (Å²) in [5.41, 5.74) is 7.86. The van der Waals surface area contributed by atoms with Gasteiger partial charge in [0.05, 0.1) is 5.56 Å². The quantitative estimate of drug-likeness (QED) is 0.669. The first kappa shape index (κ1) is 19.1. The first-order valence-electron chi connectivity index (χ1n) is 7.82. The van der Waals surface area contributed by atoms with Crippen LogP contribution in [0.4, 0.5) is 19.0 Å². The van der Waals surface area contributed by atoms with Crippen LogP contribution in [0.1, 0.15) is 11.1 Å². The Kier molecular flexibility index (Phi) is 5.29. The van der Waals surface area contributed by atoms with E-state index in [4.69, 9.17) is 5.73 Å². The van der Waals surface area contributed by atoms with E-state index in [2.05, 4.69) is 4.98 Å². The number of nitrogens with two attached hydrogens (primary N) is 1. The van der Waals surface area contributed by atoms with Gasteiger partial charge in [-0.05, 0) is 34.9 Å². The SMILES string of the molecule is Nc1ncc(-c2ccc(CS(=O)[O-])cc2)cc1-c1cccc(C(F)(F)F)c1. The smallest absolute Gasteiger partial charge is 0.416 e. The van der Waals surface area contributed by atoms with Crippen molar-refractivity contribution in [2.45, 2.75) is 11.9 Å². The molecular formula is C19H14F3N2O2S-. The number of halogens is 3. The van der Waals surface area contributed by atoms with Crippen LogP contribution in [0.15, 0.2) is 60.8 Å². The minimum Gasteiger partial charge on any atom is -0.772 e. The van der Waals surface area contributed by atoms with Crippen molar-refractivity contribution >= 4 is 16.9 Å². The zero-order valence-electron chi connectivity index (χ0n) is 13.9. The zero-order valence-corrected chi connectivity index (χ0v) is 14.7. The van der Waals surface area contributed by atoms with Crippen LogP contribution in [0, 0.1) is 0 Å². The lowest BCUT2D eigenvalue weighted by atomic mass is 9.99. The van der Waals surface area contributed by atoms with E-state index in [1.807, 2.05) is 0 Å². The third kappa shape index (κ3) is 4.53. The third-order valence-electron chi connectivity index (χ3n) is 3.99. The molecule has 0 saturated carbocycles. The number of hydrogen-bond donors (Lipinski definition) is 1. The van der Waals surface area contributed by atoms with Gasteiger partial charge in [-0.3, -0.25) is 4.21 Å². The fraction of sp³-hybridized carbons (Fsp3) is 0.105. The summed E-state index contributed by atoms with van der Waals surface area (Å²) in [7, 11) is 0.